The van der Waals surface area contributed by atoms with Crippen molar-refractivity contribution in [2.45, 2.75) is 39.2 Å². The lowest BCUT2D eigenvalue weighted by atomic mass is 10.0. The van der Waals surface area contributed by atoms with Crippen molar-refractivity contribution in [2.24, 2.45) is 5.73 Å². The lowest BCUT2D eigenvalue weighted by Gasteiger charge is -2.10. The molecule has 4 nitrogen and oxygen atoms in total. The molecule has 17 heavy (non-hydrogen) atoms. The van der Waals surface area contributed by atoms with Crippen molar-refractivity contribution >= 4 is 5.78 Å². The summed E-state index contributed by atoms with van der Waals surface area (Å²) < 4.78 is 5.30. The van der Waals surface area contributed by atoms with Crippen LogP contribution in [0, 0.1) is 0 Å². The van der Waals surface area contributed by atoms with Crippen molar-refractivity contribution in [1.29, 1.82) is 0 Å². The Hall–Kier alpha value is -1.42. The molecule has 1 heterocycles. The molecule has 2 N–H and O–H groups in total. The molecule has 0 aromatic carbocycles. The summed E-state index contributed by atoms with van der Waals surface area (Å²) in [4.78, 5) is 16.0. The van der Waals surface area contributed by atoms with Crippen molar-refractivity contribution in [1.82, 2.24) is 4.98 Å². The highest BCUT2D eigenvalue weighted by Crippen LogP contribution is 2.13. The van der Waals surface area contributed by atoms with Crippen molar-refractivity contribution in [3.63, 3.8) is 0 Å². The van der Waals surface area contributed by atoms with Crippen LogP contribution in [0.4, 0.5) is 0 Å². The Kier molecular flexibility index (Phi) is 5.63. The summed E-state index contributed by atoms with van der Waals surface area (Å²) >= 11 is 0. The van der Waals surface area contributed by atoms with Crippen LogP contribution >= 0.6 is 0 Å². The van der Waals surface area contributed by atoms with E-state index >= 15 is 0 Å². The second kappa shape index (κ2) is 7.01. The number of pyridine rings is 1. The minimum Gasteiger partial charge on any atom is -0.492 e. The van der Waals surface area contributed by atoms with E-state index in [1.54, 1.807) is 12.3 Å². The summed E-state index contributed by atoms with van der Waals surface area (Å²) in [5.74, 6) is 0.550. The second-order valence-corrected chi connectivity index (χ2v) is 3.96. The number of rotatable bonds is 7. The molecule has 0 aliphatic heterocycles. The largest absolute Gasteiger partial charge is 0.492 e. The maximum Gasteiger partial charge on any atom is 0.181 e. The summed E-state index contributed by atoms with van der Waals surface area (Å²) in [5, 5.41) is 0. The van der Waals surface area contributed by atoms with Gasteiger partial charge in [-0.05, 0) is 19.4 Å². The van der Waals surface area contributed by atoms with E-state index in [1.165, 1.54) is 6.20 Å². The fraction of sp³-hybridized carbons (Fsp3) is 0.538. The molecule has 1 atom stereocenters. The third-order valence-corrected chi connectivity index (χ3v) is 2.51. The number of nitrogens with two attached hydrogens (primary N) is 1. The summed E-state index contributed by atoms with van der Waals surface area (Å²) in [5.41, 5.74) is 6.37. The lowest BCUT2D eigenvalue weighted by molar-refractivity contribution is 0.0955. The normalized spacial score (nSPS) is 12.2. The molecule has 0 amide bonds. The SMILES string of the molecule is CCCCC(N)C(=O)c1cncc(OCC)c1. The number of hydrogen-bond acceptors (Lipinski definition) is 4. The van der Waals surface area contributed by atoms with Crippen molar-refractivity contribution in [2.75, 3.05) is 6.61 Å². The Morgan fingerprint density at radius 1 is 1.47 bits per heavy atom. The number of hydrogen-bond donors (Lipinski definition) is 1. The van der Waals surface area contributed by atoms with Gasteiger partial charge in [-0.3, -0.25) is 9.78 Å². The molecular formula is C13H20N2O2. The molecule has 0 fully saturated rings. The highest BCUT2D eigenvalue weighted by atomic mass is 16.5. The first-order chi connectivity index (χ1) is 8.19. The number of carbonyl (C=O) groups is 1. The molecular weight excluding hydrogens is 216 g/mol. The van der Waals surface area contributed by atoms with Crippen LogP contribution in [0.25, 0.3) is 0 Å². The predicted molar refractivity (Wildman–Crippen MR) is 67.2 cm³/mol. The molecule has 1 aromatic rings. The van der Waals surface area contributed by atoms with Crippen molar-refractivity contribution in [3.8, 4) is 5.75 Å². The minimum absolute atomic E-state index is 0.0625. The molecule has 0 aliphatic rings. The predicted octanol–water partition coefficient (Wildman–Crippen LogP) is 2.18. The number of nitrogens with zero attached hydrogens (tertiary/aromatic N) is 1. The Labute approximate surface area is 102 Å². The molecule has 94 valence electrons. The van der Waals surface area contributed by atoms with Gasteiger partial charge in [0.05, 0.1) is 18.8 Å². The molecule has 4 heteroatoms. The number of ether oxygens (including phenoxy) is 1. The van der Waals surface area contributed by atoms with E-state index in [2.05, 4.69) is 11.9 Å². The molecule has 1 unspecified atom stereocenters. The zero-order chi connectivity index (χ0) is 12.7. The first-order valence-corrected chi connectivity index (χ1v) is 6.06. The number of carbonyl (C=O) groups excluding carboxylic acids is 1. The van der Waals surface area contributed by atoms with Crippen LogP contribution < -0.4 is 10.5 Å². The highest BCUT2D eigenvalue weighted by Gasteiger charge is 2.15. The maximum absolute atomic E-state index is 12.0. The zero-order valence-electron chi connectivity index (χ0n) is 10.5. The van der Waals surface area contributed by atoms with E-state index in [0.29, 0.717) is 24.3 Å². The third-order valence-electron chi connectivity index (χ3n) is 2.51. The molecule has 0 bridgehead atoms. The van der Waals surface area contributed by atoms with Crippen LogP contribution in [-0.2, 0) is 0 Å². The lowest BCUT2D eigenvalue weighted by Crippen LogP contribution is -2.30. The van der Waals surface area contributed by atoms with E-state index in [9.17, 15) is 4.79 Å². The van der Waals surface area contributed by atoms with Gasteiger partial charge in [-0.1, -0.05) is 19.8 Å². The van der Waals surface area contributed by atoms with Gasteiger partial charge in [0.1, 0.15) is 5.75 Å². The minimum atomic E-state index is -0.436. The van der Waals surface area contributed by atoms with Crippen molar-refractivity contribution < 1.29 is 9.53 Å². The Balaban J connectivity index is 2.70. The first-order valence-electron chi connectivity index (χ1n) is 6.06. The summed E-state index contributed by atoms with van der Waals surface area (Å²) in [6.07, 6.45) is 5.85. The fourth-order valence-corrected chi connectivity index (χ4v) is 1.57. The van der Waals surface area contributed by atoms with Crippen molar-refractivity contribution in [3.05, 3.63) is 24.0 Å². The van der Waals surface area contributed by atoms with Crippen LogP contribution in [-0.4, -0.2) is 23.4 Å². The molecule has 1 rings (SSSR count). The molecule has 0 saturated heterocycles. The molecule has 0 spiro atoms. The van der Waals surface area contributed by atoms with Gasteiger partial charge in [0.15, 0.2) is 5.78 Å². The maximum atomic E-state index is 12.0. The Bertz CT molecular complexity index is 366. The Morgan fingerprint density at radius 2 is 2.24 bits per heavy atom. The van der Waals surface area contributed by atoms with Crippen LogP contribution in [0.15, 0.2) is 18.5 Å². The van der Waals surface area contributed by atoms with Gasteiger partial charge >= 0.3 is 0 Å². The van der Waals surface area contributed by atoms with Gasteiger partial charge in [-0.2, -0.15) is 0 Å². The van der Waals surface area contributed by atoms with Gasteiger partial charge in [-0.25, -0.2) is 0 Å². The Morgan fingerprint density at radius 3 is 2.88 bits per heavy atom. The molecule has 1 aromatic heterocycles. The van der Waals surface area contributed by atoms with Gasteiger partial charge < -0.3 is 10.5 Å². The average molecular weight is 236 g/mol. The summed E-state index contributed by atoms with van der Waals surface area (Å²) in [6, 6.07) is 1.26. The summed E-state index contributed by atoms with van der Waals surface area (Å²) in [7, 11) is 0. The van der Waals surface area contributed by atoms with E-state index in [1.807, 2.05) is 6.92 Å². The number of unbranched alkanes of at least 4 members (excludes halogenated alkanes) is 1. The number of ketones is 1. The van der Waals surface area contributed by atoms with E-state index in [-0.39, 0.29) is 5.78 Å². The third kappa shape index (κ3) is 4.15. The fourth-order valence-electron chi connectivity index (χ4n) is 1.57. The highest BCUT2D eigenvalue weighted by molar-refractivity contribution is 5.99. The van der Waals surface area contributed by atoms with E-state index in [0.717, 1.165) is 12.8 Å². The second-order valence-electron chi connectivity index (χ2n) is 3.96. The van der Waals surface area contributed by atoms with E-state index < -0.39 is 6.04 Å². The van der Waals surface area contributed by atoms with Crippen LogP contribution in [0.3, 0.4) is 0 Å². The monoisotopic (exact) mass is 236 g/mol. The van der Waals surface area contributed by atoms with Crippen LogP contribution in [0.1, 0.15) is 43.5 Å². The topological polar surface area (TPSA) is 65.2 Å². The van der Waals surface area contributed by atoms with Gasteiger partial charge in [0.25, 0.3) is 0 Å². The van der Waals surface area contributed by atoms with Crippen LogP contribution in [0.2, 0.25) is 0 Å². The average Bonchev–Trinajstić information content (AvgIpc) is 2.35. The molecule has 0 saturated carbocycles. The molecule has 0 aliphatic carbocycles. The van der Waals surface area contributed by atoms with E-state index in [4.69, 9.17) is 10.5 Å². The standard InChI is InChI=1S/C13H20N2O2/c1-3-5-6-12(14)13(16)10-7-11(17-4-2)9-15-8-10/h7-9,12H,3-6,14H2,1-2H3. The quantitative estimate of drug-likeness (QED) is 0.737. The number of aromatic nitrogens is 1. The van der Waals surface area contributed by atoms with Gasteiger partial charge in [-0.15, -0.1) is 0 Å². The van der Waals surface area contributed by atoms with Crippen LogP contribution in [0.5, 0.6) is 5.75 Å². The van der Waals surface area contributed by atoms with Gasteiger partial charge in [0.2, 0.25) is 0 Å². The zero-order valence-corrected chi connectivity index (χ0v) is 10.5. The smallest absolute Gasteiger partial charge is 0.181 e. The molecule has 0 radical (unpaired) electrons. The van der Waals surface area contributed by atoms with Gasteiger partial charge in [0, 0.05) is 11.8 Å². The number of Topliss-reactive ketones (excluding diaryl/α,β-unsaturated/α-hetero) is 1. The first kappa shape index (κ1) is 13.6. The summed E-state index contributed by atoms with van der Waals surface area (Å²) in [6.45, 7) is 4.52.